The number of amides is 2. The highest BCUT2D eigenvalue weighted by atomic mass is 32.2. The van der Waals surface area contributed by atoms with Crippen LogP contribution in [0.1, 0.15) is 17.3 Å². The Kier molecular flexibility index (Phi) is 9.69. The highest BCUT2D eigenvalue weighted by molar-refractivity contribution is 7.92. The summed E-state index contributed by atoms with van der Waals surface area (Å²) in [5, 5.41) is 2.73. The van der Waals surface area contributed by atoms with E-state index in [9.17, 15) is 18.0 Å². The number of benzene rings is 3. The van der Waals surface area contributed by atoms with Crippen LogP contribution in [0.3, 0.4) is 0 Å². The molecule has 0 atom stereocenters. The van der Waals surface area contributed by atoms with Crippen LogP contribution in [-0.2, 0) is 19.6 Å². The van der Waals surface area contributed by atoms with Gasteiger partial charge in [0, 0.05) is 19.2 Å². The number of nitrogens with zero attached hydrogens (tertiary/aromatic N) is 2. The molecular weight excluding hydrogens is 550 g/mol. The van der Waals surface area contributed by atoms with Gasteiger partial charge >= 0.3 is 0 Å². The van der Waals surface area contributed by atoms with E-state index in [0.29, 0.717) is 50.0 Å². The predicted octanol–water partition coefficient (Wildman–Crippen LogP) is 3.41. The second-order valence-electron chi connectivity index (χ2n) is 8.95. The molecule has 3 aromatic rings. The third-order valence-electron chi connectivity index (χ3n) is 6.40. The van der Waals surface area contributed by atoms with Crippen molar-refractivity contribution in [3.8, 4) is 17.2 Å². The molecular formula is C29H33N3O8S. The highest BCUT2D eigenvalue weighted by Gasteiger charge is 2.29. The molecule has 0 spiro atoms. The van der Waals surface area contributed by atoms with Crippen molar-refractivity contribution in [3.63, 3.8) is 0 Å². The van der Waals surface area contributed by atoms with E-state index in [4.69, 9.17) is 18.9 Å². The summed E-state index contributed by atoms with van der Waals surface area (Å²) in [6.07, 6.45) is 0. The second kappa shape index (κ2) is 13.4. The molecule has 1 heterocycles. The van der Waals surface area contributed by atoms with Crippen molar-refractivity contribution in [2.45, 2.75) is 11.8 Å². The van der Waals surface area contributed by atoms with Crippen LogP contribution in [0.15, 0.2) is 71.6 Å². The van der Waals surface area contributed by atoms with Gasteiger partial charge in [0.15, 0.2) is 11.5 Å². The molecule has 2 amide bonds. The smallest absolute Gasteiger partial charge is 0.264 e. The van der Waals surface area contributed by atoms with Gasteiger partial charge in [-0.25, -0.2) is 8.42 Å². The summed E-state index contributed by atoms with van der Waals surface area (Å²) in [5.41, 5.74) is 0.832. The van der Waals surface area contributed by atoms with Gasteiger partial charge in [-0.2, -0.15) is 0 Å². The van der Waals surface area contributed by atoms with Gasteiger partial charge < -0.3 is 29.2 Å². The zero-order chi connectivity index (χ0) is 29.4. The molecule has 0 aromatic heterocycles. The molecule has 1 aliphatic rings. The summed E-state index contributed by atoms with van der Waals surface area (Å²) in [6.45, 7) is 3.47. The Labute approximate surface area is 239 Å². The molecule has 0 saturated carbocycles. The summed E-state index contributed by atoms with van der Waals surface area (Å²) < 4.78 is 50.2. The van der Waals surface area contributed by atoms with Crippen molar-refractivity contribution >= 4 is 33.2 Å². The molecule has 12 heteroatoms. The molecule has 0 aliphatic carbocycles. The third-order valence-corrected chi connectivity index (χ3v) is 8.17. The Balaban J connectivity index is 1.65. The fourth-order valence-electron chi connectivity index (χ4n) is 4.33. The third kappa shape index (κ3) is 6.90. The normalized spacial score (nSPS) is 13.3. The largest absolute Gasteiger partial charge is 0.494 e. The van der Waals surface area contributed by atoms with E-state index in [1.54, 1.807) is 53.4 Å². The zero-order valence-corrected chi connectivity index (χ0v) is 24.0. The van der Waals surface area contributed by atoms with Crippen molar-refractivity contribution in [1.82, 2.24) is 4.90 Å². The van der Waals surface area contributed by atoms with Gasteiger partial charge in [-0.05, 0) is 55.5 Å². The average molecular weight is 584 g/mol. The molecule has 0 unspecified atom stereocenters. The maximum absolute atomic E-state index is 13.9. The molecule has 4 rings (SSSR count). The number of nitrogens with one attached hydrogen (secondary N) is 1. The van der Waals surface area contributed by atoms with E-state index in [1.807, 2.05) is 6.92 Å². The number of ether oxygens (including phenoxy) is 4. The first-order chi connectivity index (χ1) is 19.8. The van der Waals surface area contributed by atoms with Crippen LogP contribution in [0, 0.1) is 0 Å². The van der Waals surface area contributed by atoms with Crippen LogP contribution >= 0.6 is 0 Å². The lowest BCUT2D eigenvalue weighted by atomic mass is 10.1. The number of anilines is 2. The van der Waals surface area contributed by atoms with E-state index in [0.717, 1.165) is 4.31 Å². The summed E-state index contributed by atoms with van der Waals surface area (Å²) in [4.78, 5) is 28.1. The number of para-hydroxylation sites is 1. The fourth-order valence-corrected chi connectivity index (χ4v) is 5.77. The van der Waals surface area contributed by atoms with Gasteiger partial charge in [0.25, 0.3) is 15.9 Å². The van der Waals surface area contributed by atoms with Crippen LogP contribution < -0.4 is 23.8 Å². The van der Waals surface area contributed by atoms with E-state index < -0.39 is 22.5 Å². The lowest BCUT2D eigenvalue weighted by Crippen LogP contribution is -2.41. The molecule has 41 heavy (non-hydrogen) atoms. The minimum Gasteiger partial charge on any atom is -0.494 e. The number of hydrogen-bond acceptors (Lipinski definition) is 8. The highest BCUT2D eigenvalue weighted by Crippen LogP contribution is 2.33. The predicted molar refractivity (Wildman–Crippen MR) is 153 cm³/mol. The Bertz CT molecular complexity index is 1470. The number of carbonyl (C=O) groups is 2. The molecule has 1 saturated heterocycles. The SMILES string of the molecule is CCOc1ccc(N(CC(=O)Nc2ccccc2C(=O)N2CCOCC2)S(=O)(=O)c2ccc(OC)c(OC)c2)cc1. The minimum atomic E-state index is -4.26. The van der Waals surface area contributed by atoms with E-state index in [1.165, 1.54) is 32.4 Å². The maximum atomic E-state index is 13.9. The molecule has 11 nitrogen and oxygen atoms in total. The summed E-state index contributed by atoms with van der Waals surface area (Å²) in [7, 11) is -1.41. The molecule has 1 fully saturated rings. The van der Waals surface area contributed by atoms with Gasteiger partial charge in [0.2, 0.25) is 5.91 Å². The van der Waals surface area contributed by atoms with Crippen LogP contribution in [0.5, 0.6) is 17.2 Å². The summed E-state index contributed by atoms with van der Waals surface area (Å²) >= 11 is 0. The zero-order valence-electron chi connectivity index (χ0n) is 23.2. The van der Waals surface area contributed by atoms with E-state index in [2.05, 4.69) is 5.32 Å². The lowest BCUT2D eigenvalue weighted by molar-refractivity contribution is -0.114. The number of carbonyl (C=O) groups excluding carboxylic acids is 2. The van der Waals surface area contributed by atoms with E-state index >= 15 is 0 Å². The van der Waals surface area contributed by atoms with Gasteiger partial charge in [0.1, 0.15) is 12.3 Å². The minimum absolute atomic E-state index is 0.0975. The van der Waals surface area contributed by atoms with Crippen LogP contribution in [0.2, 0.25) is 0 Å². The van der Waals surface area contributed by atoms with Crippen molar-refractivity contribution in [2.24, 2.45) is 0 Å². The maximum Gasteiger partial charge on any atom is 0.264 e. The molecule has 0 bridgehead atoms. The van der Waals surface area contributed by atoms with Crippen LogP contribution in [0.4, 0.5) is 11.4 Å². The van der Waals surface area contributed by atoms with Crippen LogP contribution in [0.25, 0.3) is 0 Å². The van der Waals surface area contributed by atoms with Gasteiger partial charge in [-0.1, -0.05) is 12.1 Å². The molecule has 3 aromatic carbocycles. The Morgan fingerprint density at radius 3 is 2.29 bits per heavy atom. The van der Waals surface area contributed by atoms with Crippen molar-refractivity contribution in [1.29, 1.82) is 0 Å². The Morgan fingerprint density at radius 1 is 0.951 bits per heavy atom. The number of morpholine rings is 1. The first kappa shape index (κ1) is 29.7. The van der Waals surface area contributed by atoms with Gasteiger partial charge in [0.05, 0.1) is 55.9 Å². The van der Waals surface area contributed by atoms with E-state index in [-0.39, 0.29) is 27.9 Å². The molecule has 0 radical (unpaired) electrons. The van der Waals surface area contributed by atoms with Crippen molar-refractivity contribution in [2.75, 3.05) is 63.3 Å². The van der Waals surface area contributed by atoms with Gasteiger partial charge in [-0.3, -0.25) is 13.9 Å². The molecule has 1 aliphatic heterocycles. The monoisotopic (exact) mass is 583 g/mol. The van der Waals surface area contributed by atoms with Crippen LogP contribution in [-0.4, -0.2) is 78.8 Å². The molecule has 1 N–H and O–H groups in total. The standard InChI is InChI=1S/C29H33N3O8S/c1-4-40-22-11-9-21(10-12-22)32(41(35,36)23-13-14-26(37-2)27(19-23)38-3)20-28(33)30-25-8-6-5-7-24(25)29(34)31-15-17-39-18-16-31/h5-14,19H,4,15-18,20H2,1-3H3,(H,30,33). The number of rotatable bonds is 11. The number of sulfonamides is 1. The topological polar surface area (TPSA) is 124 Å². The Morgan fingerprint density at radius 2 is 1.63 bits per heavy atom. The number of hydrogen-bond donors (Lipinski definition) is 1. The summed E-state index contributed by atoms with van der Waals surface area (Å²) in [6, 6.07) is 17.2. The first-order valence-electron chi connectivity index (χ1n) is 13.0. The molecule has 218 valence electrons. The summed E-state index contributed by atoms with van der Waals surface area (Å²) in [5.74, 6) is 0.258. The first-order valence-corrected chi connectivity index (χ1v) is 14.5. The fraction of sp³-hybridized carbons (Fsp3) is 0.310. The number of methoxy groups -OCH3 is 2. The lowest BCUT2D eigenvalue weighted by Gasteiger charge is -2.28. The van der Waals surface area contributed by atoms with Crippen molar-refractivity contribution < 1.29 is 37.0 Å². The van der Waals surface area contributed by atoms with Crippen molar-refractivity contribution in [3.05, 3.63) is 72.3 Å². The average Bonchev–Trinajstić information content (AvgIpc) is 3.00. The Hall–Kier alpha value is -4.29. The van der Waals surface area contributed by atoms with Gasteiger partial charge in [-0.15, -0.1) is 0 Å². The quantitative estimate of drug-likeness (QED) is 0.364. The second-order valence-corrected chi connectivity index (χ2v) is 10.8.